The van der Waals surface area contributed by atoms with E-state index in [4.69, 9.17) is 9.84 Å². The SMILES string of the molecule is CC[C@H](CO)N[C@@H](CC(=O)c1ccc(OC)cc1)C(=O)O. The zero-order valence-corrected chi connectivity index (χ0v) is 12.2. The van der Waals surface area contributed by atoms with Gasteiger partial charge in [0.2, 0.25) is 0 Å². The molecule has 1 aromatic rings. The number of nitrogens with one attached hydrogen (secondary N) is 1. The lowest BCUT2D eigenvalue weighted by molar-refractivity contribution is -0.139. The third kappa shape index (κ3) is 5.17. The molecule has 1 rings (SSSR count). The molecular weight excluding hydrogens is 274 g/mol. The molecule has 0 aliphatic rings. The van der Waals surface area contributed by atoms with Gasteiger partial charge < -0.3 is 14.9 Å². The number of rotatable bonds is 9. The van der Waals surface area contributed by atoms with Gasteiger partial charge in [-0.3, -0.25) is 14.9 Å². The van der Waals surface area contributed by atoms with E-state index in [1.165, 1.54) is 7.11 Å². The summed E-state index contributed by atoms with van der Waals surface area (Å²) in [6.45, 7) is 1.66. The average molecular weight is 295 g/mol. The van der Waals surface area contributed by atoms with Gasteiger partial charge in [-0.05, 0) is 30.7 Å². The molecule has 21 heavy (non-hydrogen) atoms. The molecule has 3 N–H and O–H groups in total. The van der Waals surface area contributed by atoms with Gasteiger partial charge in [0.15, 0.2) is 5.78 Å². The Kier molecular flexibility index (Phi) is 6.84. The molecule has 116 valence electrons. The Balaban J connectivity index is 2.73. The van der Waals surface area contributed by atoms with Crippen LogP contribution in [0.25, 0.3) is 0 Å². The summed E-state index contributed by atoms with van der Waals surface area (Å²) in [6, 6.07) is 5.15. The Morgan fingerprint density at radius 2 is 1.90 bits per heavy atom. The third-order valence-corrected chi connectivity index (χ3v) is 3.25. The molecule has 6 heteroatoms. The molecule has 0 unspecified atom stereocenters. The number of hydrogen-bond acceptors (Lipinski definition) is 5. The molecule has 0 saturated heterocycles. The van der Waals surface area contributed by atoms with Crippen LogP contribution < -0.4 is 10.1 Å². The van der Waals surface area contributed by atoms with E-state index < -0.39 is 12.0 Å². The molecule has 0 radical (unpaired) electrons. The fourth-order valence-electron chi connectivity index (χ4n) is 1.88. The normalized spacial score (nSPS) is 13.5. The topological polar surface area (TPSA) is 95.9 Å². The van der Waals surface area contributed by atoms with Crippen molar-refractivity contribution in [2.24, 2.45) is 0 Å². The molecule has 0 aliphatic carbocycles. The van der Waals surface area contributed by atoms with E-state index in [2.05, 4.69) is 5.32 Å². The van der Waals surface area contributed by atoms with E-state index in [1.54, 1.807) is 24.3 Å². The maximum absolute atomic E-state index is 12.1. The predicted molar refractivity (Wildman–Crippen MR) is 77.7 cm³/mol. The summed E-state index contributed by atoms with van der Waals surface area (Å²) in [5, 5.41) is 21.1. The maximum atomic E-state index is 12.1. The van der Waals surface area contributed by atoms with Crippen LogP contribution in [-0.4, -0.2) is 47.8 Å². The molecule has 0 heterocycles. The first-order chi connectivity index (χ1) is 10.0. The van der Waals surface area contributed by atoms with Crippen LogP contribution in [-0.2, 0) is 4.79 Å². The van der Waals surface area contributed by atoms with Gasteiger partial charge in [0.05, 0.1) is 13.7 Å². The van der Waals surface area contributed by atoms with Crippen LogP contribution in [0, 0.1) is 0 Å². The Morgan fingerprint density at radius 1 is 1.29 bits per heavy atom. The van der Waals surface area contributed by atoms with Gasteiger partial charge in [0.1, 0.15) is 11.8 Å². The first-order valence-electron chi connectivity index (χ1n) is 6.78. The van der Waals surface area contributed by atoms with Gasteiger partial charge in [-0.15, -0.1) is 0 Å². The van der Waals surface area contributed by atoms with E-state index in [1.807, 2.05) is 6.92 Å². The average Bonchev–Trinajstić information content (AvgIpc) is 2.51. The maximum Gasteiger partial charge on any atom is 0.321 e. The lowest BCUT2D eigenvalue weighted by Gasteiger charge is -2.20. The fraction of sp³-hybridized carbons (Fsp3) is 0.467. The summed E-state index contributed by atoms with van der Waals surface area (Å²) in [4.78, 5) is 23.3. The minimum atomic E-state index is -1.11. The zero-order chi connectivity index (χ0) is 15.8. The number of ketones is 1. The molecule has 2 atom stereocenters. The van der Waals surface area contributed by atoms with E-state index in [-0.39, 0.29) is 24.9 Å². The van der Waals surface area contributed by atoms with Crippen molar-refractivity contribution in [1.82, 2.24) is 5.32 Å². The number of carbonyl (C=O) groups excluding carboxylic acids is 1. The molecule has 0 bridgehead atoms. The summed E-state index contributed by atoms with van der Waals surface area (Å²) < 4.78 is 5.00. The second-order valence-corrected chi connectivity index (χ2v) is 4.70. The number of benzene rings is 1. The number of aliphatic hydroxyl groups is 1. The van der Waals surface area contributed by atoms with Crippen molar-refractivity contribution in [3.8, 4) is 5.75 Å². The van der Waals surface area contributed by atoms with Gasteiger partial charge in [0.25, 0.3) is 0 Å². The number of carboxylic acids is 1. The van der Waals surface area contributed by atoms with Crippen molar-refractivity contribution < 1.29 is 24.5 Å². The third-order valence-electron chi connectivity index (χ3n) is 3.25. The Morgan fingerprint density at radius 3 is 2.33 bits per heavy atom. The molecule has 0 aromatic heterocycles. The number of methoxy groups -OCH3 is 1. The van der Waals surface area contributed by atoms with Crippen LogP contribution in [0.5, 0.6) is 5.75 Å². The molecule has 0 spiro atoms. The number of hydrogen-bond donors (Lipinski definition) is 3. The van der Waals surface area contributed by atoms with Crippen molar-refractivity contribution in [1.29, 1.82) is 0 Å². The largest absolute Gasteiger partial charge is 0.497 e. The second-order valence-electron chi connectivity index (χ2n) is 4.70. The van der Waals surface area contributed by atoms with E-state index in [0.717, 1.165) is 0 Å². The van der Waals surface area contributed by atoms with Crippen LogP contribution in [0.4, 0.5) is 0 Å². The van der Waals surface area contributed by atoms with Gasteiger partial charge in [-0.2, -0.15) is 0 Å². The molecule has 1 aromatic carbocycles. The summed E-state index contributed by atoms with van der Waals surface area (Å²) in [5.41, 5.74) is 0.431. The number of aliphatic carboxylic acids is 1. The lowest BCUT2D eigenvalue weighted by Crippen LogP contribution is -2.45. The Bertz CT molecular complexity index is 467. The number of carbonyl (C=O) groups is 2. The number of carboxylic acid groups (broad SMARTS) is 1. The summed E-state index contributed by atoms with van der Waals surface area (Å²) in [7, 11) is 1.53. The van der Waals surface area contributed by atoms with Crippen LogP contribution in [0.2, 0.25) is 0 Å². The van der Waals surface area contributed by atoms with Crippen LogP contribution in [0.15, 0.2) is 24.3 Å². The molecule has 0 saturated carbocycles. The summed E-state index contributed by atoms with van der Waals surface area (Å²) in [5.74, 6) is -0.750. The second kappa shape index (κ2) is 8.39. The highest BCUT2D eigenvalue weighted by Gasteiger charge is 2.24. The van der Waals surface area contributed by atoms with Gasteiger partial charge in [0, 0.05) is 18.0 Å². The highest BCUT2D eigenvalue weighted by atomic mass is 16.5. The van der Waals surface area contributed by atoms with E-state index >= 15 is 0 Å². The number of aliphatic hydroxyl groups excluding tert-OH is 1. The highest BCUT2D eigenvalue weighted by Crippen LogP contribution is 2.13. The standard InChI is InChI=1S/C15H21NO5/c1-3-11(9-17)16-13(15(19)20)8-14(18)10-4-6-12(21-2)7-5-10/h4-7,11,13,16-17H,3,8-9H2,1-2H3,(H,19,20)/t11-,13+/m1/s1. The van der Waals surface area contributed by atoms with Crippen LogP contribution >= 0.6 is 0 Å². The quantitative estimate of drug-likeness (QED) is 0.590. The Hall–Kier alpha value is -1.92. The van der Waals surface area contributed by atoms with Gasteiger partial charge in [-0.1, -0.05) is 6.92 Å². The van der Waals surface area contributed by atoms with Crippen molar-refractivity contribution in [3.63, 3.8) is 0 Å². The lowest BCUT2D eigenvalue weighted by atomic mass is 10.0. The minimum absolute atomic E-state index is 0.168. The smallest absolute Gasteiger partial charge is 0.321 e. The van der Waals surface area contributed by atoms with Crippen molar-refractivity contribution in [2.75, 3.05) is 13.7 Å². The van der Waals surface area contributed by atoms with Crippen LogP contribution in [0.3, 0.4) is 0 Å². The summed E-state index contributed by atoms with van der Waals surface area (Å²) in [6.07, 6.45) is 0.412. The number of Topliss-reactive ketones (excluding diaryl/α,β-unsaturated/α-hetero) is 1. The predicted octanol–water partition coefficient (Wildman–Crippen LogP) is 1.08. The monoisotopic (exact) mass is 295 g/mol. The van der Waals surface area contributed by atoms with Gasteiger partial charge >= 0.3 is 5.97 Å². The van der Waals surface area contributed by atoms with Crippen molar-refractivity contribution in [2.45, 2.75) is 31.8 Å². The van der Waals surface area contributed by atoms with E-state index in [9.17, 15) is 14.7 Å². The first-order valence-corrected chi connectivity index (χ1v) is 6.78. The van der Waals surface area contributed by atoms with E-state index in [0.29, 0.717) is 17.7 Å². The minimum Gasteiger partial charge on any atom is -0.497 e. The molecule has 0 fully saturated rings. The molecule has 0 amide bonds. The fourth-order valence-corrected chi connectivity index (χ4v) is 1.88. The summed E-state index contributed by atoms with van der Waals surface area (Å²) >= 11 is 0. The van der Waals surface area contributed by atoms with Crippen molar-refractivity contribution >= 4 is 11.8 Å². The van der Waals surface area contributed by atoms with Crippen LogP contribution in [0.1, 0.15) is 30.1 Å². The molecular formula is C15H21NO5. The first kappa shape index (κ1) is 17.1. The van der Waals surface area contributed by atoms with Gasteiger partial charge in [-0.25, -0.2) is 0 Å². The molecule has 6 nitrogen and oxygen atoms in total. The zero-order valence-electron chi connectivity index (χ0n) is 12.2. The molecule has 0 aliphatic heterocycles. The number of ether oxygens (including phenoxy) is 1. The van der Waals surface area contributed by atoms with Crippen molar-refractivity contribution in [3.05, 3.63) is 29.8 Å². The Labute approximate surface area is 123 Å². The highest BCUT2D eigenvalue weighted by molar-refractivity contribution is 5.98.